The Morgan fingerprint density at radius 2 is 1.69 bits per heavy atom. The van der Waals surface area contributed by atoms with E-state index in [1.54, 1.807) is 0 Å². The van der Waals surface area contributed by atoms with Crippen LogP contribution in [0.25, 0.3) is 0 Å². The number of esters is 1. The summed E-state index contributed by atoms with van der Waals surface area (Å²) in [7, 11) is 0. The summed E-state index contributed by atoms with van der Waals surface area (Å²) in [6, 6.07) is 0. The Labute approximate surface area is 75.2 Å². The molecule has 0 bridgehead atoms. The zero-order valence-corrected chi connectivity index (χ0v) is 7.02. The molecule has 0 fully saturated rings. The van der Waals surface area contributed by atoms with E-state index in [4.69, 9.17) is 4.74 Å². The summed E-state index contributed by atoms with van der Waals surface area (Å²) in [4.78, 5) is 30.4. The van der Waals surface area contributed by atoms with Gasteiger partial charge >= 0.3 is 11.9 Å². The normalized spacial score (nSPS) is 22.5. The van der Waals surface area contributed by atoms with Crippen molar-refractivity contribution < 1.29 is 24.1 Å². The third-order valence-electron chi connectivity index (χ3n) is 1.36. The van der Waals surface area contributed by atoms with E-state index in [1.165, 1.54) is 0 Å². The van der Waals surface area contributed by atoms with Crippen molar-refractivity contribution in [3.05, 3.63) is 12.2 Å². The van der Waals surface area contributed by atoms with Gasteiger partial charge in [0.1, 0.15) is 0 Å². The second-order valence-corrected chi connectivity index (χ2v) is 2.43. The van der Waals surface area contributed by atoms with Gasteiger partial charge in [0.2, 0.25) is 0 Å². The zero-order chi connectivity index (χ0) is 9.52. The minimum Gasteiger partial charge on any atom is -0.463 e. The molecule has 13 heavy (non-hydrogen) atoms. The lowest BCUT2D eigenvalue weighted by atomic mass is 10.3. The third kappa shape index (κ3) is 4.27. The van der Waals surface area contributed by atoms with Crippen LogP contribution in [0.5, 0.6) is 0 Å². The van der Waals surface area contributed by atoms with Crippen molar-refractivity contribution in [1.29, 1.82) is 0 Å². The molecule has 0 saturated heterocycles. The van der Waals surface area contributed by atoms with Gasteiger partial charge in [0.15, 0.2) is 0 Å². The molecule has 0 amide bonds. The molecule has 0 aromatic heterocycles. The summed E-state index contributed by atoms with van der Waals surface area (Å²) in [5, 5.41) is 0. The van der Waals surface area contributed by atoms with E-state index in [9.17, 15) is 9.59 Å². The fourth-order valence-corrected chi connectivity index (χ4v) is 0.748. The Morgan fingerprint density at radius 3 is 2.54 bits per heavy atom. The van der Waals surface area contributed by atoms with Gasteiger partial charge < -0.3 is 4.74 Å². The molecule has 0 aromatic carbocycles. The smallest absolute Gasteiger partial charge is 0.366 e. The Bertz CT molecular complexity index is 199. The standard InChI is InChI=1S/C8H10O5/c9-7-3-4-8(10)13-12-6-2-1-5-11-7/h3-4H,1-2,5-6H2/b4-3-. The molecule has 0 aromatic rings. The number of cyclic esters (lactones) is 1. The van der Waals surface area contributed by atoms with Crippen molar-refractivity contribution in [3.63, 3.8) is 0 Å². The van der Waals surface area contributed by atoms with Gasteiger partial charge in [-0.15, -0.1) is 0 Å². The maximum Gasteiger partial charge on any atom is 0.366 e. The van der Waals surface area contributed by atoms with E-state index in [-0.39, 0.29) is 0 Å². The number of rotatable bonds is 0. The highest BCUT2D eigenvalue weighted by molar-refractivity contribution is 5.91. The van der Waals surface area contributed by atoms with Crippen molar-refractivity contribution in [1.82, 2.24) is 0 Å². The molecule has 0 saturated carbocycles. The monoisotopic (exact) mass is 186 g/mol. The molecule has 0 radical (unpaired) electrons. The molecular weight excluding hydrogens is 176 g/mol. The maximum atomic E-state index is 10.8. The number of hydrogen-bond acceptors (Lipinski definition) is 5. The average Bonchev–Trinajstić information content (AvgIpc) is 2.15. The highest BCUT2D eigenvalue weighted by atomic mass is 17.2. The Balaban J connectivity index is 2.46. The average molecular weight is 186 g/mol. The van der Waals surface area contributed by atoms with Gasteiger partial charge in [-0.05, 0) is 12.8 Å². The van der Waals surface area contributed by atoms with Crippen LogP contribution in [0.15, 0.2) is 12.2 Å². The van der Waals surface area contributed by atoms with Crippen LogP contribution >= 0.6 is 0 Å². The quantitative estimate of drug-likeness (QED) is 0.403. The van der Waals surface area contributed by atoms with E-state index < -0.39 is 11.9 Å². The summed E-state index contributed by atoms with van der Waals surface area (Å²) in [6.45, 7) is 0.651. The predicted molar refractivity (Wildman–Crippen MR) is 41.4 cm³/mol. The van der Waals surface area contributed by atoms with Crippen LogP contribution in [0.1, 0.15) is 12.8 Å². The summed E-state index contributed by atoms with van der Waals surface area (Å²) in [5.74, 6) is -1.25. The lowest BCUT2D eigenvalue weighted by molar-refractivity contribution is -0.267. The first-order valence-corrected chi connectivity index (χ1v) is 3.97. The molecular formula is C8H10O5. The maximum absolute atomic E-state index is 10.8. The molecule has 0 spiro atoms. The first kappa shape index (κ1) is 9.73. The first-order valence-electron chi connectivity index (χ1n) is 3.97. The van der Waals surface area contributed by atoms with Crippen LogP contribution in [0.4, 0.5) is 0 Å². The van der Waals surface area contributed by atoms with Crippen molar-refractivity contribution >= 4 is 11.9 Å². The molecule has 72 valence electrons. The molecule has 1 rings (SSSR count). The Hall–Kier alpha value is -1.36. The summed E-state index contributed by atoms with van der Waals surface area (Å²) >= 11 is 0. The van der Waals surface area contributed by atoms with E-state index in [1.807, 2.05) is 0 Å². The first-order chi connectivity index (χ1) is 6.29. The lowest BCUT2D eigenvalue weighted by Gasteiger charge is -2.00. The SMILES string of the molecule is O=C1/C=C\C(=O)OOCCCCO1. The molecule has 5 heteroatoms. The van der Waals surface area contributed by atoms with E-state index in [0.717, 1.165) is 12.2 Å². The summed E-state index contributed by atoms with van der Waals surface area (Å²) < 4.78 is 4.73. The van der Waals surface area contributed by atoms with Gasteiger partial charge in [-0.3, -0.25) is 4.89 Å². The second-order valence-electron chi connectivity index (χ2n) is 2.43. The topological polar surface area (TPSA) is 61.8 Å². The van der Waals surface area contributed by atoms with Crippen LogP contribution in [0.3, 0.4) is 0 Å². The van der Waals surface area contributed by atoms with Gasteiger partial charge in [0.05, 0.1) is 13.2 Å². The number of hydrogen-bond donors (Lipinski definition) is 0. The van der Waals surface area contributed by atoms with Crippen LogP contribution in [0, 0.1) is 0 Å². The Kier molecular flexibility index (Phi) is 3.98. The van der Waals surface area contributed by atoms with Crippen molar-refractivity contribution in [2.75, 3.05) is 13.2 Å². The minimum absolute atomic E-state index is 0.317. The Morgan fingerprint density at radius 1 is 1.00 bits per heavy atom. The molecule has 0 atom stereocenters. The fourth-order valence-electron chi connectivity index (χ4n) is 0.748. The largest absolute Gasteiger partial charge is 0.463 e. The highest BCUT2D eigenvalue weighted by Crippen LogP contribution is 1.96. The van der Waals surface area contributed by atoms with Crippen molar-refractivity contribution in [3.8, 4) is 0 Å². The van der Waals surface area contributed by atoms with Crippen LogP contribution in [-0.4, -0.2) is 25.2 Å². The van der Waals surface area contributed by atoms with E-state index >= 15 is 0 Å². The molecule has 1 aliphatic rings. The predicted octanol–water partition coefficient (Wildman–Crippen LogP) is 0.354. The van der Waals surface area contributed by atoms with Gasteiger partial charge in [0, 0.05) is 12.2 Å². The zero-order valence-electron chi connectivity index (χ0n) is 7.02. The van der Waals surface area contributed by atoms with Crippen LogP contribution in [-0.2, 0) is 24.1 Å². The second kappa shape index (κ2) is 5.31. The van der Waals surface area contributed by atoms with Crippen LogP contribution in [0.2, 0.25) is 0 Å². The van der Waals surface area contributed by atoms with Crippen molar-refractivity contribution in [2.24, 2.45) is 0 Å². The minimum atomic E-state index is -0.709. The molecule has 5 nitrogen and oxygen atoms in total. The summed E-state index contributed by atoms with van der Waals surface area (Å²) in [5.41, 5.74) is 0. The highest BCUT2D eigenvalue weighted by Gasteiger charge is 2.03. The van der Waals surface area contributed by atoms with Gasteiger partial charge in [-0.2, -0.15) is 4.89 Å². The third-order valence-corrected chi connectivity index (χ3v) is 1.36. The van der Waals surface area contributed by atoms with Gasteiger partial charge in [0.25, 0.3) is 0 Å². The molecule has 0 unspecified atom stereocenters. The molecule has 0 N–H and O–H groups in total. The summed E-state index contributed by atoms with van der Waals surface area (Å²) in [6.07, 6.45) is 3.35. The number of carbonyl (C=O) groups is 2. The lowest BCUT2D eigenvalue weighted by Crippen LogP contribution is -2.03. The van der Waals surface area contributed by atoms with Gasteiger partial charge in [-0.25, -0.2) is 9.59 Å². The van der Waals surface area contributed by atoms with Gasteiger partial charge in [-0.1, -0.05) is 0 Å². The van der Waals surface area contributed by atoms with E-state index in [0.29, 0.717) is 26.1 Å². The number of carbonyl (C=O) groups excluding carboxylic acids is 2. The molecule has 1 heterocycles. The molecule has 0 aliphatic carbocycles. The van der Waals surface area contributed by atoms with Crippen molar-refractivity contribution in [2.45, 2.75) is 12.8 Å². The van der Waals surface area contributed by atoms with Crippen LogP contribution < -0.4 is 0 Å². The van der Waals surface area contributed by atoms with E-state index in [2.05, 4.69) is 9.78 Å². The fraction of sp³-hybridized carbons (Fsp3) is 0.500. The molecule has 1 aliphatic heterocycles. The number of ether oxygens (including phenoxy) is 1.